The SMILES string of the molecule is CCC(C)C1(C(C)CC)CC(PC(C)C)CC(PC(C)C)C1.[CH3-].[CH3-].[Ti+2]. The van der Waals surface area contributed by atoms with Crippen molar-refractivity contribution in [1.29, 1.82) is 0 Å². The zero-order chi connectivity index (χ0) is 16.9. The molecule has 0 bridgehead atoms. The Kier molecular flexibility index (Phi) is 18.2. The molecule has 0 aromatic rings. The minimum absolute atomic E-state index is 0. The van der Waals surface area contributed by atoms with Crippen LogP contribution in [-0.4, -0.2) is 22.6 Å². The third kappa shape index (κ3) is 9.08. The van der Waals surface area contributed by atoms with Crippen LogP contribution in [0.5, 0.6) is 0 Å². The van der Waals surface area contributed by atoms with E-state index in [9.17, 15) is 0 Å². The first-order valence-corrected chi connectivity index (χ1v) is 12.1. The van der Waals surface area contributed by atoms with Crippen LogP contribution in [0, 0.1) is 32.1 Å². The maximum absolute atomic E-state index is 2.56. The van der Waals surface area contributed by atoms with Crippen LogP contribution in [-0.2, 0) is 21.7 Å². The zero-order valence-electron chi connectivity index (χ0n) is 19.0. The van der Waals surface area contributed by atoms with Gasteiger partial charge in [0.25, 0.3) is 0 Å². The number of rotatable bonds is 8. The van der Waals surface area contributed by atoms with Gasteiger partial charge >= 0.3 is 21.7 Å². The summed E-state index contributed by atoms with van der Waals surface area (Å²) in [7, 11) is 2.36. The van der Waals surface area contributed by atoms with Crippen molar-refractivity contribution < 1.29 is 21.7 Å². The molecule has 0 aromatic carbocycles. The van der Waals surface area contributed by atoms with Crippen molar-refractivity contribution in [3.8, 4) is 0 Å². The molecule has 1 saturated carbocycles. The first-order valence-electron chi connectivity index (χ1n) is 9.77. The van der Waals surface area contributed by atoms with E-state index in [2.05, 4.69) is 55.4 Å². The van der Waals surface area contributed by atoms with Gasteiger partial charge in [0.05, 0.1) is 0 Å². The van der Waals surface area contributed by atoms with Crippen molar-refractivity contribution in [2.75, 3.05) is 0 Å². The molecule has 0 nitrogen and oxygen atoms in total. The van der Waals surface area contributed by atoms with Crippen LogP contribution < -0.4 is 0 Å². The molecule has 1 aliphatic carbocycles. The number of hydrogen-bond acceptors (Lipinski definition) is 0. The maximum atomic E-state index is 2.56. The maximum Gasteiger partial charge on any atom is 2.00 e. The Morgan fingerprint density at radius 2 is 1.08 bits per heavy atom. The Balaban J connectivity index is -0.00000161. The molecule has 1 rings (SSSR count). The fraction of sp³-hybridized carbons (Fsp3) is 0.909. The smallest absolute Gasteiger partial charge is 0.358 e. The molecule has 0 N–H and O–H groups in total. The molecular formula is C22H48P2Ti. The van der Waals surface area contributed by atoms with Crippen molar-refractivity contribution in [2.24, 2.45) is 17.3 Å². The molecule has 150 valence electrons. The summed E-state index contributed by atoms with van der Waals surface area (Å²) in [6.07, 6.45) is 7.29. The van der Waals surface area contributed by atoms with E-state index in [1.165, 1.54) is 49.3 Å². The van der Waals surface area contributed by atoms with Gasteiger partial charge in [0.15, 0.2) is 0 Å². The van der Waals surface area contributed by atoms with E-state index in [1.54, 1.807) is 0 Å². The van der Waals surface area contributed by atoms with Crippen LogP contribution in [0.25, 0.3) is 0 Å². The second-order valence-corrected chi connectivity index (χ2v) is 13.1. The van der Waals surface area contributed by atoms with Crippen LogP contribution in [0.4, 0.5) is 0 Å². The molecule has 0 aromatic heterocycles. The molecule has 0 spiro atoms. The van der Waals surface area contributed by atoms with Gasteiger partial charge in [-0.15, -0.1) is 17.2 Å². The fourth-order valence-electron chi connectivity index (χ4n) is 4.81. The topological polar surface area (TPSA) is 0 Å². The van der Waals surface area contributed by atoms with Crippen molar-refractivity contribution in [2.45, 2.75) is 110 Å². The molecule has 0 aliphatic heterocycles. The first-order chi connectivity index (χ1) is 10.2. The van der Waals surface area contributed by atoms with Crippen LogP contribution >= 0.6 is 17.2 Å². The van der Waals surface area contributed by atoms with Gasteiger partial charge in [-0.3, -0.25) is 0 Å². The summed E-state index contributed by atoms with van der Waals surface area (Å²) in [5, 5.41) is 0. The standard InChI is InChI=1S/C20H42P2.2CH3.Ti/c1-9-16(7)20(17(8)10-2)12-18(21-14(3)4)11-19(13-20)22-15(5)6;;;/h14-19,21-22H,9-13H2,1-8H3;2*1H3;/q;2*-1;+2. The van der Waals surface area contributed by atoms with Gasteiger partial charge in [-0.05, 0) is 59.1 Å². The van der Waals surface area contributed by atoms with Crippen LogP contribution in [0.3, 0.4) is 0 Å². The van der Waals surface area contributed by atoms with E-state index in [4.69, 9.17) is 0 Å². The van der Waals surface area contributed by atoms with Gasteiger partial charge in [0, 0.05) is 0 Å². The quantitative estimate of drug-likeness (QED) is 0.211. The van der Waals surface area contributed by atoms with Gasteiger partial charge in [-0.1, -0.05) is 68.2 Å². The van der Waals surface area contributed by atoms with Crippen LogP contribution in [0.15, 0.2) is 0 Å². The molecule has 0 radical (unpaired) electrons. The Labute approximate surface area is 180 Å². The second-order valence-electron chi connectivity index (χ2n) is 8.53. The number of hydrogen-bond donors (Lipinski definition) is 0. The van der Waals surface area contributed by atoms with E-state index in [1.807, 2.05) is 0 Å². The van der Waals surface area contributed by atoms with Gasteiger partial charge in [0.1, 0.15) is 0 Å². The van der Waals surface area contributed by atoms with E-state index >= 15 is 0 Å². The largest absolute Gasteiger partial charge is 2.00 e. The molecule has 0 amide bonds. The van der Waals surface area contributed by atoms with Gasteiger partial charge in [0.2, 0.25) is 0 Å². The van der Waals surface area contributed by atoms with E-state index in [-0.39, 0.29) is 36.6 Å². The average Bonchev–Trinajstić information content (AvgIpc) is 2.43. The Morgan fingerprint density at radius 1 is 0.760 bits per heavy atom. The molecule has 25 heavy (non-hydrogen) atoms. The molecule has 3 heteroatoms. The molecule has 0 saturated heterocycles. The van der Waals surface area contributed by atoms with Crippen LogP contribution in [0.1, 0.15) is 87.5 Å². The summed E-state index contributed by atoms with van der Waals surface area (Å²) in [5.41, 5.74) is 4.41. The van der Waals surface area contributed by atoms with Crippen molar-refractivity contribution in [1.82, 2.24) is 0 Å². The Hall–Kier alpha value is 1.57. The normalized spacial score (nSPS) is 29.5. The average molecular weight is 422 g/mol. The molecule has 1 aliphatic rings. The third-order valence-corrected chi connectivity index (χ3v) is 9.30. The predicted molar refractivity (Wildman–Crippen MR) is 123 cm³/mol. The molecule has 6 unspecified atom stereocenters. The predicted octanol–water partition coefficient (Wildman–Crippen LogP) is 8.06. The minimum atomic E-state index is 0. The summed E-state index contributed by atoms with van der Waals surface area (Å²) in [6, 6.07) is 0. The Bertz CT molecular complexity index is 287. The summed E-state index contributed by atoms with van der Waals surface area (Å²) in [6.45, 7) is 19.7. The molecular weight excluding hydrogens is 374 g/mol. The molecule has 0 heterocycles. The summed E-state index contributed by atoms with van der Waals surface area (Å²) < 4.78 is 0. The van der Waals surface area contributed by atoms with Gasteiger partial charge < -0.3 is 14.9 Å². The zero-order valence-corrected chi connectivity index (χ0v) is 22.6. The Morgan fingerprint density at radius 3 is 1.32 bits per heavy atom. The van der Waals surface area contributed by atoms with Gasteiger partial charge in [-0.2, -0.15) is 0 Å². The third-order valence-electron chi connectivity index (χ3n) is 6.15. The van der Waals surface area contributed by atoms with E-state index < -0.39 is 0 Å². The second kappa shape index (κ2) is 14.6. The van der Waals surface area contributed by atoms with Gasteiger partial charge in [-0.25, -0.2) is 0 Å². The monoisotopic (exact) mass is 422 g/mol. The minimum Gasteiger partial charge on any atom is -0.358 e. The van der Waals surface area contributed by atoms with E-state index in [0.29, 0.717) is 5.41 Å². The first kappa shape index (κ1) is 31.3. The summed E-state index contributed by atoms with van der Waals surface area (Å²) in [5.74, 6) is 1.78. The van der Waals surface area contributed by atoms with Crippen molar-refractivity contribution in [3.63, 3.8) is 0 Å². The fourth-order valence-corrected chi connectivity index (χ4v) is 8.77. The summed E-state index contributed by atoms with van der Waals surface area (Å²) in [4.78, 5) is 0. The van der Waals surface area contributed by atoms with Crippen molar-refractivity contribution >= 4 is 17.2 Å². The molecule has 6 atom stereocenters. The summed E-state index contributed by atoms with van der Waals surface area (Å²) >= 11 is 0. The molecule has 1 fully saturated rings. The van der Waals surface area contributed by atoms with Crippen LogP contribution in [0.2, 0.25) is 0 Å². The van der Waals surface area contributed by atoms with Crippen molar-refractivity contribution in [3.05, 3.63) is 14.9 Å². The van der Waals surface area contributed by atoms with E-state index in [0.717, 1.165) is 34.5 Å².